The quantitative estimate of drug-likeness (QED) is 0.858. The predicted octanol–water partition coefficient (Wildman–Crippen LogP) is 1.25. The normalized spacial score (nSPS) is 11.9. The van der Waals surface area contributed by atoms with Crippen molar-refractivity contribution in [3.8, 4) is 0 Å². The number of aromatic nitrogens is 2. The summed E-state index contributed by atoms with van der Waals surface area (Å²) in [6, 6.07) is 5.81. The lowest BCUT2D eigenvalue weighted by atomic mass is 10.2. The van der Waals surface area contributed by atoms with E-state index in [0.29, 0.717) is 5.95 Å². The van der Waals surface area contributed by atoms with Crippen molar-refractivity contribution in [2.45, 2.75) is 6.92 Å². The first-order chi connectivity index (χ1) is 7.37. The summed E-state index contributed by atoms with van der Waals surface area (Å²) in [4.78, 5) is 4.23. The van der Waals surface area contributed by atoms with E-state index >= 15 is 0 Å². The van der Waals surface area contributed by atoms with Crippen LogP contribution in [-0.4, -0.2) is 24.2 Å². The van der Waals surface area contributed by atoms with Gasteiger partial charge in [0.2, 0.25) is 16.0 Å². The molecule has 0 aliphatic rings. The maximum absolute atomic E-state index is 11.1. The van der Waals surface area contributed by atoms with Crippen molar-refractivity contribution in [2.75, 3.05) is 11.0 Å². The van der Waals surface area contributed by atoms with Crippen LogP contribution < -0.4 is 4.72 Å². The van der Waals surface area contributed by atoms with E-state index in [1.807, 2.05) is 25.1 Å². The zero-order valence-corrected chi connectivity index (χ0v) is 10.2. The molecule has 16 heavy (non-hydrogen) atoms. The summed E-state index contributed by atoms with van der Waals surface area (Å²) in [5.41, 5.74) is 2.78. The Morgan fingerprint density at radius 3 is 2.69 bits per heavy atom. The molecule has 2 aromatic rings. The van der Waals surface area contributed by atoms with Gasteiger partial charge in [-0.15, -0.1) is 0 Å². The number of nitrogens with one attached hydrogen (secondary N) is 1. The van der Waals surface area contributed by atoms with E-state index in [2.05, 4.69) is 9.71 Å². The summed E-state index contributed by atoms with van der Waals surface area (Å²) < 4.78 is 26.4. The first-order valence-corrected chi connectivity index (χ1v) is 6.67. The highest BCUT2D eigenvalue weighted by molar-refractivity contribution is 7.92. The molecule has 1 aromatic heterocycles. The third-order valence-electron chi connectivity index (χ3n) is 2.31. The van der Waals surface area contributed by atoms with Gasteiger partial charge in [-0.3, -0.25) is 4.72 Å². The second-order valence-electron chi connectivity index (χ2n) is 3.86. The van der Waals surface area contributed by atoms with Crippen LogP contribution in [0.5, 0.6) is 0 Å². The molecule has 1 aromatic carbocycles. The molecule has 1 N–H and O–H groups in total. The Labute approximate surface area is 94.2 Å². The molecule has 1 heterocycles. The molecule has 0 saturated heterocycles. The average molecular weight is 239 g/mol. The van der Waals surface area contributed by atoms with E-state index in [4.69, 9.17) is 0 Å². The minimum Gasteiger partial charge on any atom is -0.313 e. The van der Waals surface area contributed by atoms with Crippen LogP contribution in [0.3, 0.4) is 0 Å². The first kappa shape index (κ1) is 10.9. The van der Waals surface area contributed by atoms with Crippen LogP contribution in [0.2, 0.25) is 0 Å². The van der Waals surface area contributed by atoms with Gasteiger partial charge in [-0.05, 0) is 24.6 Å². The SMILES string of the molecule is Cc1ccc2c(c1)nc(NS(C)(=O)=O)n2C. The van der Waals surface area contributed by atoms with E-state index in [0.717, 1.165) is 22.9 Å². The molecular weight excluding hydrogens is 226 g/mol. The van der Waals surface area contributed by atoms with Crippen molar-refractivity contribution in [3.63, 3.8) is 0 Å². The lowest BCUT2D eigenvalue weighted by Gasteiger charge is -2.02. The van der Waals surface area contributed by atoms with E-state index in [-0.39, 0.29) is 0 Å². The molecule has 0 aliphatic heterocycles. The van der Waals surface area contributed by atoms with Crippen LogP contribution in [0.1, 0.15) is 5.56 Å². The second kappa shape index (κ2) is 3.48. The Morgan fingerprint density at radius 1 is 1.38 bits per heavy atom. The van der Waals surface area contributed by atoms with Gasteiger partial charge in [-0.25, -0.2) is 13.4 Å². The summed E-state index contributed by atoms with van der Waals surface area (Å²) in [5.74, 6) is 0.336. The highest BCUT2D eigenvalue weighted by atomic mass is 32.2. The summed E-state index contributed by atoms with van der Waals surface area (Å²) in [6.45, 7) is 1.97. The van der Waals surface area contributed by atoms with Gasteiger partial charge in [0.1, 0.15) is 0 Å². The topological polar surface area (TPSA) is 64.0 Å². The zero-order chi connectivity index (χ0) is 11.9. The van der Waals surface area contributed by atoms with Gasteiger partial charge < -0.3 is 4.57 Å². The Hall–Kier alpha value is -1.56. The third-order valence-corrected chi connectivity index (χ3v) is 2.87. The van der Waals surface area contributed by atoms with Crippen molar-refractivity contribution >= 4 is 27.0 Å². The van der Waals surface area contributed by atoms with Gasteiger partial charge in [0.15, 0.2) is 0 Å². The Kier molecular flexibility index (Phi) is 2.38. The molecule has 0 spiro atoms. The maximum Gasteiger partial charge on any atom is 0.232 e. The fraction of sp³-hybridized carbons (Fsp3) is 0.300. The molecule has 0 radical (unpaired) electrons. The van der Waals surface area contributed by atoms with Gasteiger partial charge in [-0.2, -0.15) is 0 Å². The predicted molar refractivity (Wildman–Crippen MR) is 63.9 cm³/mol. The van der Waals surface area contributed by atoms with E-state index in [1.54, 1.807) is 11.6 Å². The molecule has 0 atom stereocenters. The number of rotatable bonds is 2. The largest absolute Gasteiger partial charge is 0.313 e. The van der Waals surface area contributed by atoms with E-state index < -0.39 is 10.0 Å². The summed E-state index contributed by atoms with van der Waals surface area (Å²) >= 11 is 0. The van der Waals surface area contributed by atoms with Crippen LogP contribution >= 0.6 is 0 Å². The first-order valence-electron chi connectivity index (χ1n) is 4.78. The average Bonchev–Trinajstić information content (AvgIpc) is 2.40. The number of aryl methyl sites for hydroxylation is 2. The van der Waals surface area contributed by atoms with Crippen molar-refractivity contribution in [2.24, 2.45) is 7.05 Å². The fourth-order valence-electron chi connectivity index (χ4n) is 1.57. The molecule has 0 unspecified atom stereocenters. The fourth-order valence-corrected chi connectivity index (χ4v) is 2.08. The van der Waals surface area contributed by atoms with Crippen molar-refractivity contribution < 1.29 is 8.42 Å². The van der Waals surface area contributed by atoms with Gasteiger partial charge in [0.05, 0.1) is 17.3 Å². The Morgan fingerprint density at radius 2 is 2.06 bits per heavy atom. The number of sulfonamides is 1. The summed E-state index contributed by atoms with van der Waals surface area (Å²) in [7, 11) is -1.51. The molecule has 0 bridgehead atoms. The molecular formula is C10H13N3O2S. The summed E-state index contributed by atoms with van der Waals surface area (Å²) in [5, 5.41) is 0. The molecule has 6 heteroatoms. The van der Waals surface area contributed by atoms with E-state index in [1.165, 1.54) is 0 Å². The standard InChI is InChI=1S/C10H13N3O2S/c1-7-4-5-9-8(6-7)11-10(13(9)2)12-16(3,14)15/h4-6H,1-3H3,(H,11,12). The Balaban J connectivity index is 2.60. The molecule has 0 fully saturated rings. The number of hydrogen-bond acceptors (Lipinski definition) is 3. The second-order valence-corrected chi connectivity index (χ2v) is 5.61. The van der Waals surface area contributed by atoms with Gasteiger partial charge >= 0.3 is 0 Å². The number of fused-ring (bicyclic) bond motifs is 1. The van der Waals surface area contributed by atoms with Crippen molar-refractivity contribution in [3.05, 3.63) is 23.8 Å². The number of benzene rings is 1. The van der Waals surface area contributed by atoms with Crippen LogP contribution in [-0.2, 0) is 17.1 Å². The summed E-state index contributed by atoms with van der Waals surface area (Å²) in [6.07, 6.45) is 1.11. The Bertz CT molecular complexity index is 643. The third kappa shape index (κ3) is 2.01. The molecule has 86 valence electrons. The smallest absolute Gasteiger partial charge is 0.232 e. The number of imidazole rings is 1. The highest BCUT2D eigenvalue weighted by Crippen LogP contribution is 2.19. The van der Waals surface area contributed by atoms with Crippen LogP contribution in [0.15, 0.2) is 18.2 Å². The molecule has 0 saturated carbocycles. The minimum absolute atomic E-state index is 0.336. The number of hydrogen-bond donors (Lipinski definition) is 1. The highest BCUT2D eigenvalue weighted by Gasteiger charge is 2.10. The number of anilines is 1. The molecule has 0 aliphatic carbocycles. The maximum atomic E-state index is 11.1. The van der Waals surface area contributed by atoms with Gasteiger partial charge in [-0.1, -0.05) is 6.07 Å². The minimum atomic E-state index is -3.29. The zero-order valence-electron chi connectivity index (χ0n) is 9.35. The van der Waals surface area contributed by atoms with E-state index in [9.17, 15) is 8.42 Å². The monoisotopic (exact) mass is 239 g/mol. The van der Waals surface area contributed by atoms with Crippen LogP contribution in [0.4, 0.5) is 5.95 Å². The van der Waals surface area contributed by atoms with Gasteiger partial charge in [0.25, 0.3) is 0 Å². The lowest BCUT2D eigenvalue weighted by Crippen LogP contribution is -2.13. The number of nitrogens with zero attached hydrogens (tertiary/aromatic N) is 2. The molecule has 0 amide bonds. The van der Waals surface area contributed by atoms with Gasteiger partial charge in [0, 0.05) is 7.05 Å². The molecule has 5 nitrogen and oxygen atoms in total. The van der Waals surface area contributed by atoms with Crippen LogP contribution in [0, 0.1) is 6.92 Å². The lowest BCUT2D eigenvalue weighted by molar-refractivity contribution is 0.606. The van der Waals surface area contributed by atoms with Crippen LogP contribution in [0.25, 0.3) is 11.0 Å². The van der Waals surface area contributed by atoms with Crippen molar-refractivity contribution in [1.29, 1.82) is 0 Å². The molecule has 2 rings (SSSR count). The van der Waals surface area contributed by atoms with Crippen molar-refractivity contribution in [1.82, 2.24) is 9.55 Å².